The molecule has 1 aromatic rings. The highest BCUT2D eigenvalue weighted by molar-refractivity contribution is 5.27. The van der Waals surface area contributed by atoms with Crippen LogP contribution in [0.2, 0.25) is 0 Å². The average molecular weight is 355 g/mol. The fourth-order valence-electron chi connectivity index (χ4n) is 5.71. The summed E-state index contributed by atoms with van der Waals surface area (Å²) < 4.78 is 0. The zero-order valence-corrected chi connectivity index (χ0v) is 17.7. The average Bonchev–Trinajstić information content (AvgIpc) is 2.69. The lowest BCUT2D eigenvalue weighted by Crippen LogP contribution is -2.25. The molecule has 0 amide bonds. The molecule has 0 heteroatoms. The topological polar surface area (TPSA) is 0 Å². The van der Waals surface area contributed by atoms with Crippen LogP contribution in [0, 0.1) is 17.8 Å². The predicted octanol–water partition coefficient (Wildman–Crippen LogP) is 8.47. The summed E-state index contributed by atoms with van der Waals surface area (Å²) in [6.07, 6.45) is 17.8. The second kappa shape index (κ2) is 9.95. The van der Waals surface area contributed by atoms with E-state index < -0.39 is 0 Å². The lowest BCUT2D eigenvalue weighted by atomic mass is 9.68. The van der Waals surface area contributed by atoms with Crippen molar-refractivity contribution in [2.24, 2.45) is 17.8 Å². The summed E-state index contributed by atoms with van der Waals surface area (Å²) in [7, 11) is 0. The lowest BCUT2D eigenvalue weighted by Gasteiger charge is -2.38. The van der Waals surface area contributed by atoms with Gasteiger partial charge in [-0.05, 0) is 79.2 Å². The number of benzene rings is 1. The minimum absolute atomic E-state index is 0.650. The highest BCUT2D eigenvalue weighted by atomic mass is 14.4. The van der Waals surface area contributed by atoms with Crippen LogP contribution in [0.5, 0.6) is 0 Å². The predicted molar refractivity (Wildman–Crippen MR) is 115 cm³/mol. The van der Waals surface area contributed by atoms with Gasteiger partial charge in [0.25, 0.3) is 0 Å². The number of unbranched alkanes of at least 4 members (excludes halogenated alkanes) is 2. The second-order valence-electron chi connectivity index (χ2n) is 9.71. The normalized spacial score (nSPS) is 29.8. The van der Waals surface area contributed by atoms with Crippen LogP contribution in [-0.2, 0) is 0 Å². The monoisotopic (exact) mass is 354 g/mol. The highest BCUT2D eigenvalue weighted by Gasteiger charge is 2.31. The van der Waals surface area contributed by atoms with E-state index in [0.717, 1.165) is 23.7 Å². The maximum absolute atomic E-state index is 2.42. The van der Waals surface area contributed by atoms with E-state index in [2.05, 4.69) is 45.0 Å². The fraction of sp³-hybridized carbons (Fsp3) is 0.769. The summed E-state index contributed by atoms with van der Waals surface area (Å²) in [5.74, 6) is 4.64. The van der Waals surface area contributed by atoms with Gasteiger partial charge < -0.3 is 0 Å². The van der Waals surface area contributed by atoms with Gasteiger partial charge in [0.2, 0.25) is 0 Å². The van der Waals surface area contributed by atoms with E-state index in [1.807, 2.05) is 0 Å². The third kappa shape index (κ3) is 5.37. The maximum Gasteiger partial charge on any atom is -0.0162 e. The molecule has 0 aliphatic heterocycles. The molecule has 2 aliphatic rings. The summed E-state index contributed by atoms with van der Waals surface area (Å²) in [5, 5.41) is 0. The molecule has 2 fully saturated rings. The van der Waals surface area contributed by atoms with Gasteiger partial charge >= 0.3 is 0 Å². The van der Waals surface area contributed by atoms with E-state index >= 15 is 0 Å². The molecule has 1 aromatic carbocycles. The second-order valence-corrected chi connectivity index (χ2v) is 9.71. The molecular formula is C26H42. The van der Waals surface area contributed by atoms with Crippen LogP contribution >= 0.6 is 0 Å². The van der Waals surface area contributed by atoms with Crippen LogP contribution < -0.4 is 0 Å². The Balaban J connectivity index is 1.41. The molecule has 3 rings (SSSR count). The lowest BCUT2D eigenvalue weighted by molar-refractivity contribution is 0.155. The van der Waals surface area contributed by atoms with Gasteiger partial charge in [-0.2, -0.15) is 0 Å². The molecule has 0 radical (unpaired) electrons. The van der Waals surface area contributed by atoms with E-state index in [9.17, 15) is 0 Å². The minimum Gasteiger partial charge on any atom is -0.0654 e. The number of rotatable bonds is 7. The first kappa shape index (κ1) is 20.0. The van der Waals surface area contributed by atoms with Gasteiger partial charge in [-0.25, -0.2) is 0 Å². The van der Waals surface area contributed by atoms with Crippen LogP contribution in [0.25, 0.3) is 0 Å². The zero-order valence-electron chi connectivity index (χ0n) is 17.7. The number of hydrogen-bond acceptors (Lipinski definition) is 0. The molecule has 0 N–H and O–H groups in total. The largest absolute Gasteiger partial charge is 0.0654 e. The van der Waals surface area contributed by atoms with Crippen molar-refractivity contribution in [1.29, 1.82) is 0 Å². The Morgan fingerprint density at radius 3 is 1.88 bits per heavy atom. The Morgan fingerprint density at radius 2 is 1.35 bits per heavy atom. The van der Waals surface area contributed by atoms with Crippen LogP contribution in [0.4, 0.5) is 0 Å². The van der Waals surface area contributed by atoms with Gasteiger partial charge in [-0.1, -0.05) is 83.6 Å². The van der Waals surface area contributed by atoms with Crippen LogP contribution in [0.1, 0.15) is 121 Å². The first-order valence-electron chi connectivity index (χ1n) is 11.8. The SMILES string of the molecule is CCCCCC1CCC(C2CCC(c3ccc(C(C)C)cc3)CC2)CC1. The van der Waals surface area contributed by atoms with Crippen LogP contribution in [0.3, 0.4) is 0 Å². The molecule has 0 atom stereocenters. The van der Waals surface area contributed by atoms with Gasteiger partial charge in [-0.15, -0.1) is 0 Å². The Bertz CT molecular complexity index is 495. The Morgan fingerprint density at radius 1 is 0.769 bits per heavy atom. The van der Waals surface area contributed by atoms with Gasteiger partial charge in [0.1, 0.15) is 0 Å². The van der Waals surface area contributed by atoms with Crippen molar-refractivity contribution in [2.45, 2.75) is 110 Å². The molecule has 146 valence electrons. The summed E-state index contributed by atoms with van der Waals surface area (Å²) in [6, 6.07) is 9.57. The Kier molecular flexibility index (Phi) is 7.64. The van der Waals surface area contributed by atoms with E-state index in [1.165, 1.54) is 82.6 Å². The van der Waals surface area contributed by atoms with Crippen molar-refractivity contribution in [3.05, 3.63) is 35.4 Å². The van der Waals surface area contributed by atoms with Crippen molar-refractivity contribution in [1.82, 2.24) is 0 Å². The summed E-state index contributed by atoms with van der Waals surface area (Å²) >= 11 is 0. The molecule has 0 nitrogen and oxygen atoms in total. The molecule has 0 aromatic heterocycles. The van der Waals surface area contributed by atoms with Crippen molar-refractivity contribution in [2.75, 3.05) is 0 Å². The quantitative estimate of drug-likeness (QED) is 0.431. The summed E-state index contributed by atoms with van der Waals surface area (Å²) in [4.78, 5) is 0. The van der Waals surface area contributed by atoms with Crippen molar-refractivity contribution in [3.63, 3.8) is 0 Å². The molecule has 2 saturated carbocycles. The van der Waals surface area contributed by atoms with Crippen molar-refractivity contribution in [3.8, 4) is 0 Å². The van der Waals surface area contributed by atoms with E-state index in [4.69, 9.17) is 0 Å². The molecule has 0 saturated heterocycles. The van der Waals surface area contributed by atoms with Gasteiger partial charge in [-0.3, -0.25) is 0 Å². The molecule has 0 unspecified atom stereocenters. The van der Waals surface area contributed by atoms with Crippen molar-refractivity contribution >= 4 is 0 Å². The molecular weight excluding hydrogens is 312 g/mol. The number of hydrogen-bond donors (Lipinski definition) is 0. The molecule has 0 bridgehead atoms. The summed E-state index contributed by atoms with van der Waals surface area (Å²) in [6.45, 7) is 6.91. The summed E-state index contributed by atoms with van der Waals surface area (Å²) in [5.41, 5.74) is 3.09. The minimum atomic E-state index is 0.650. The Hall–Kier alpha value is -0.780. The molecule has 0 heterocycles. The maximum atomic E-state index is 2.42. The van der Waals surface area contributed by atoms with Gasteiger partial charge in [0.05, 0.1) is 0 Å². The smallest absolute Gasteiger partial charge is 0.0162 e. The molecule has 2 aliphatic carbocycles. The first-order valence-corrected chi connectivity index (χ1v) is 11.8. The van der Waals surface area contributed by atoms with Crippen molar-refractivity contribution < 1.29 is 0 Å². The zero-order chi connectivity index (χ0) is 18.4. The van der Waals surface area contributed by atoms with Gasteiger partial charge in [0, 0.05) is 0 Å². The standard InChI is InChI=1S/C26H42/c1-4-5-6-7-21-8-10-23(11-9-21)25-16-18-26(19-17-25)24-14-12-22(13-15-24)20(2)3/h12-15,20-21,23,25-26H,4-11,16-19H2,1-3H3. The van der Waals surface area contributed by atoms with E-state index in [1.54, 1.807) is 5.56 Å². The third-order valence-electron chi connectivity index (χ3n) is 7.62. The Labute approximate surface area is 163 Å². The van der Waals surface area contributed by atoms with Crippen LogP contribution in [0.15, 0.2) is 24.3 Å². The van der Waals surface area contributed by atoms with E-state index in [-0.39, 0.29) is 0 Å². The van der Waals surface area contributed by atoms with Crippen LogP contribution in [-0.4, -0.2) is 0 Å². The first-order chi connectivity index (χ1) is 12.7. The van der Waals surface area contributed by atoms with Gasteiger partial charge in [0.15, 0.2) is 0 Å². The van der Waals surface area contributed by atoms with E-state index in [0.29, 0.717) is 5.92 Å². The fourth-order valence-corrected chi connectivity index (χ4v) is 5.71. The molecule has 26 heavy (non-hydrogen) atoms. The molecule has 0 spiro atoms. The highest BCUT2D eigenvalue weighted by Crippen LogP contribution is 2.44. The third-order valence-corrected chi connectivity index (χ3v) is 7.62.